The quantitative estimate of drug-likeness (QED) is 0.423. The zero-order valence-electron chi connectivity index (χ0n) is 18.2. The van der Waals surface area contributed by atoms with E-state index in [1.165, 1.54) is 12.1 Å². The standard InChI is InChI=1S/C23H20N4O5S2/c1-14-8-10-17(11-9-14)34(31,32)26-18(28)12-27-13-24-22-19(23(27)30)15(2)20(33-22)21(29)25-16-6-4-3-5-7-16/h3-11,13H,12H2,1-2H3,(H,25,29)(H,26,28). The number of carbonyl (C=O) groups is 2. The van der Waals surface area contributed by atoms with Crippen LogP contribution >= 0.6 is 11.3 Å². The number of sulfonamides is 1. The minimum atomic E-state index is -4.08. The summed E-state index contributed by atoms with van der Waals surface area (Å²) >= 11 is 1.07. The maximum Gasteiger partial charge on any atom is 0.266 e. The maximum atomic E-state index is 13.0. The lowest BCUT2D eigenvalue weighted by Gasteiger charge is -2.09. The molecule has 11 heteroatoms. The predicted octanol–water partition coefficient (Wildman–Crippen LogP) is 2.83. The molecule has 0 unspecified atom stereocenters. The molecule has 0 fully saturated rings. The molecular weight excluding hydrogens is 476 g/mol. The lowest BCUT2D eigenvalue weighted by atomic mass is 10.2. The molecule has 2 aromatic carbocycles. The number of rotatable bonds is 6. The SMILES string of the molecule is Cc1ccc(S(=O)(=O)NC(=O)Cn2cnc3sc(C(=O)Nc4ccccc4)c(C)c3c2=O)cc1. The monoisotopic (exact) mass is 496 g/mol. The summed E-state index contributed by atoms with van der Waals surface area (Å²) < 4.78 is 27.9. The highest BCUT2D eigenvalue weighted by Gasteiger charge is 2.22. The van der Waals surface area contributed by atoms with Crippen LogP contribution in [0.4, 0.5) is 5.69 Å². The summed E-state index contributed by atoms with van der Waals surface area (Å²) in [5.74, 6) is -1.27. The van der Waals surface area contributed by atoms with Gasteiger partial charge in [-0.15, -0.1) is 11.3 Å². The third-order valence-electron chi connectivity index (χ3n) is 5.05. The number of amides is 2. The molecule has 0 radical (unpaired) electrons. The molecule has 174 valence electrons. The van der Waals surface area contributed by atoms with Crippen LogP contribution < -0.4 is 15.6 Å². The number of carbonyl (C=O) groups excluding carboxylic acids is 2. The van der Waals surface area contributed by atoms with Crippen LogP contribution in [0.25, 0.3) is 10.2 Å². The molecule has 0 atom stereocenters. The van der Waals surface area contributed by atoms with Crippen molar-refractivity contribution >= 4 is 49.1 Å². The first-order valence-corrected chi connectivity index (χ1v) is 12.4. The molecule has 2 aromatic heterocycles. The average molecular weight is 497 g/mol. The van der Waals surface area contributed by atoms with E-state index in [1.807, 2.05) is 17.7 Å². The van der Waals surface area contributed by atoms with Gasteiger partial charge in [0.25, 0.3) is 27.4 Å². The van der Waals surface area contributed by atoms with Crippen LogP contribution in [0.3, 0.4) is 0 Å². The van der Waals surface area contributed by atoms with E-state index in [0.29, 0.717) is 21.0 Å². The number of aromatic nitrogens is 2. The van der Waals surface area contributed by atoms with Crippen LogP contribution in [0, 0.1) is 13.8 Å². The molecule has 2 heterocycles. The molecule has 0 saturated heterocycles. The van der Waals surface area contributed by atoms with Crippen LogP contribution in [0.2, 0.25) is 0 Å². The molecule has 0 bridgehead atoms. The number of fused-ring (bicyclic) bond motifs is 1. The molecule has 0 aliphatic rings. The van der Waals surface area contributed by atoms with E-state index in [-0.39, 0.29) is 16.2 Å². The van der Waals surface area contributed by atoms with Crippen molar-refractivity contribution in [3.8, 4) is 0 Å². The first kappa shape index (κ1) is 23.3. The number of para-hydroxylation sites is 1. The van der Waals surface area contributed by atoms with Crippen molar-refractivity contribution < 1.29 is 18.0 Å². The van der Waals surface area contributed by atoms with Crippen LogP contribution in [-0.2, 0) is 21.4 Å². The van der Waals surface area contributed by atoms with E-state index < -0.39 is 28.0 Å². The van der Waals surface area contributed by atoms with Crippen molar-refractivity contribution in [1.82, 2.24) is 14.3 Å². The van der Waals surface area contributed by atoms with E-state index in [2.05, 4.69) is 10.3 Å². The fraction of sp³-hybridized carbons (Fsp3) is 0.130. The zero-order chi connectivity index (χ0) is 24.5. The van der Waals surface area contributed by atoms with Gasteiger partial charge in [0.15, 0.2) is 0 Å². The van der Waals surface area contributed by atoms with Gasteiger partial charge in [-0.1, -0.05) is 35.9 Å². The Bertz CT molecular complexity index is 1560. The Morgan fingerprint density at radius 3 is 2.38 bits per heavy atom. The molecule has 4 rings (SSSR count). The van der Waals surface area contributed by atoms with Gasteiger partial charge in [-0.05, 0) is 43.7 Å². The number of nitrogens with zero attached hydrogens (tertiary/aromatic N) is 2. The number of hydrogen-bond acceptors (Lipinski definition) is 7. The Kier molecular flexibility index (Phi) is 6.31. The molecule has 4 aromatic rings. The van der Waals surface area contributed by atoms with Gasteiger partial charge in [0.1, 0.15) is 11.4 Å². The number of thiophene rings is 1. The number of benzene rings is 2. The summed E-state index contributed by atoms with van der Waals surface area (Å²) in [6.45, 7) is 2.90. The van der Waals surface area contributed by atoms with Gasteiger partial charge >= 0.3 is 0 Å². The summed E-state index contributed by atoms with van der Waals surface area (Å²) in [4.78, 5) is 43.0. The van der Waals surface area contributed by atoms with Gasteiger partial charge < -0.3 is 5.32 Å². The molecule has 0 saturated carbocycles. The van der Waals surface area contributed by atoms with Crippen LogP contribution in [0.5, 0.6) is 0 Å². The average Bonchev–Trinajstić information content (AvgIpc) is 3.13. The second-order valence-electron chi connectivity index (χ2n) is 7.58. The molecule has 2 N–H and O–H groups in total. The highest BCUT2D eigenvalue weighted by molar-refractivity contribution is 7.90. The lowest BCUT2D eigenvalue weighted by molar-refractivity contribution is -0.119. The number of aryl methyl sites for hydroxylation is 2. The van der Waals surface area contributed by atoms with E-state index in [9.17, 15) is 22.8 Å². The minimum absolute atomic E-state index is 0.0601. The smallest absolute Gasteiger partial charge is 0.266 e. The molecule has 9 nitrogen and oxygen atoms in total. The largest absolute Gasteiger partial charge is 0.321 e. The summed E-state index contributed by atoms with van der Waals surface area (Å²) in [6.07, 6.45) is 1.16. The van der Waals surface area contributed by atoms with Gasteiger partial charge in [-0.2, -0.15) is 0 Å². The Hall–Kier alpha value is -3.83. The van der Waals surface area contributed by atoms with Crippen molar-refractivity contribution in [3.63, 3.8) is 0 Å². The van der Waals surface area contributed by atoms with Gasteiger partial charge in [0.05, 0.1) is 21.5 Å². The summed E-state index contributed by atoms with van der Waals surface area (Å²) in [7, 11) is -4.08. The predicted molar refractivity (Wildman–Crippen MR) is 130 cm³/mol. The molecule has 0 spiro atoms. The van der Waals surface area contributed by atoms with Crippen molar-refractivity contribution in [2.45, 2.75) is 25.3 Å². The molecule has 2 amide bonds. The van der Waals surface area contributed by atoms with Gasteiger partial charge in [0, 0.05) is 5.69 Å². The second kappa shape index (κ2) is 9.20. The molecule has 0 aliphatic carbocycles. The Balaban J connectivity index is 1.57. The van der Waals surface area contributed by atoms with Crippen LogP contribution in [-0.4, -0.2) is 29.8 Å². The molecular formula is C23H20N4O5S2. The highest BCUT2D eigenvalue weighted by atomic mass is 32.2. The topological polar surface area (TPSA) is 127 Å². The fourth-order valence-corrected chi connectivity index (χ4v) is 5.32. The Morgan fingerprint density at radius 2 is 1.71 bits per heavy atom. The summed E-state index contributed by atoms with van der Waals surface area (Å²) in [5.41, 5.74) is 1.38. The van der Waals surface area contributed by atoms with Crippen molar-refractivity contribution in [2.75, 3.05) is 5.32 Å². The number of anilines is 1. The minimum Gasteiger partial charge on any atom is -0.321 e. The highest BCUT2D eigenvalue weighted by Crippen LogP contribution is 2.27. The van der Waals surface area contributed by atoms with Gasteiger partial charge in [0.2, 0.25) is 0 Å². The van der Waals surface area contributed by atoms with Crippen molar-refractivity contribution in [2.24, 2.45) is 0 Å². The third kappa shape index (κ3) is 4.75. The second-order valence-corrected chi connectivity index (χ2v) is 10.3. The van der Waals surface area contributed by atoms with Crippen LogP contribution in [0.15, 0.2) is 70.6 Å². The Morgan fingerprint density at radius 1 is 1.03 bits per heavy atom. The van der Waals surface area contributed by atoms with E-state index in [4.69, 9.17) is 0 Å². The normalized spacial score (nSPS) is 11.4. The van der Waals surface area contributed by atoms with Crippen molar-refractivity contribution in [3.05, 3.63) is 87.3 Å². The first-order valence-electron chi connectivity index (χ1n) is 10.1. The number of hydrogen-bond donors (Lipinski definition) is 2. The van der Waals surface area contributed by atoms with Crippen molar-refractivity contribution in [1.29, 1.82) is 0 Å². The summed E-state index contributed by atoms with van der Waals surface area (Å²) in [6, 6.07) is 14.9. The van der Waals surface area contributed by atoms with E-state index >= 15 is 0 Å². The molecule has 34 heavy (non-hydrogen) atoms. The fourth-order valence-electron chi connectivity index (χ4n) is 3.31. The maximum absolute atomic E-state index is 13.0. The molecule has 0 aliphatic heterocycles. The van der Waals surface area contributed by atoms with E-state index in [0.717, 1.165) is 27.8 Å². The first-order chi connectivity index (χ1) is 16.2. The third-order valence-corrected chi connectivity index (χ3v) is 7.64. The van der Waals surface area contributed by atoms with Crippen LogP contribution in [0.1, 0.15) is 20.8 Å². The Labute approximate surface area is 199 Å². The summed E-state index contributed by atoms with van der Waals surface area (Å²) in [5, 5.41) is 2.98. The van der Waals surface area contributed by atoms with Gasteiger partial charge in [-0.3, -0.25) is 19.0 Å². The van der Waals surface area contributed by atoms with E-state index in [1.54, 1.807) is 43.3 Å². The number of nitrogens with one attached hydrogen (secondary N) is 2. The lowest BCUT2D eigenvalue weighted by Crippen LogP contribution is -2.36. The zero-order valence-corrected chi connectivity index (χ0v) is 19.9. The van der Waals surface area contributed by atoms with Gasteiger partial charge in [-0.25, -0.2) is 18.1 Å².